The van der Waals surface area contributed by atoms with E-state index in [1.165, 1.54) is 15.9 Å². The van der Waals surface area contributed by atoms with Crippen molar-refractivity contribution in [3.8, 4) is 0 Å². The third kappa shape index (κ3) is 3.68. The molecule has 0 atom stereocenters. The van der Waals surface area contributed by atoms with Gasteiger partial charge in [-0.1, -0.05) is 47.2 Å². The Bertz CT molecular complexity index is 1470. The topological polar surface area (TPSA) is 81.2 Å². The highest BCUT2D eigenvalue weighted by atomic mass is 35.5. The van der Waals surface area contributed by atoms with Gasteiger partial charge in [0.1, 0.15) is 6.54 Å². The summed E-state index contributed by atoms with van der Waals surface area (Å²) in [5.41, 5.74) is 3.57. The Kier molecular flexibility index (Phi) is 5.24. The van der Waals surface area contributed by atoms with E-state index < -0.39 is 5.76 Å². The minimum absolute atomic E-state index is 0.182. The van der Waals surface area contributed by atoms with Crippen LogP contribution in [0.5, 0.6) is 0 Å². The number of halogens is 1. The molecule has 32 heavy (non-hydrogen) atoms. The number of hydrogen-bond donors (Lipinski definition) is 0. The Balaban J connectivity index is 1.57. The Labute approximate surface area is 191 Å². The fourth-order valence-electron chi connectivity index (χ4n) is 3.53. The van der Waals surface area contributed by atoms with E-state index in [2.05, 4.69) is 4.98 Å². The maximum atomic E-state index is 13.5. The number of aromatic nitrogens is 3. The fourth-order valence-corrected chi connectivity index (χ4v) is 4.86. The summed E-state index contributed by atoms with van der Waals surface area (Å²) in [5.74, 6) is -0.876. The lowest BCUT2D eigenvalue weighted by molar-refractivity contribution is -0.119. The molecule has 160 valence electrons. The molecule has 5 aromatic rings. The van der Waals surface area contributed by atoms with Crippen molar-refractivity contribution in [1.82, 2.24) is 14.5 Å². The van der Waals surface area contributed by atoms with Gasteiger partial charge in [-0.25, -0.2) is 9.78 Å². The highest BCUT2D eigenvalue weighted by Gasteiger charge is 2.24. The Morgan fingerprint density at radius 3 is 2.81 bits per heavy atom. The van der Waals surface area contributed by atoms with Gasteiger partial charge in [0.25, 0.3) is 0 Å². The Hall–Kier alpha value is -3.49. The van der Waals surface area contributed by atoms with Crippen LogP contribution in [0.2, 0.25) is 5.02 Å². The molecule has 5 rings (SSSR count). The number of thiazole rings is 1. The molecule has 0 aliphatic carbocycles. The van der Waals surface area contributed by atoms with Gasteiger partial charge in [-0.05, 0) is 42.3 Å². The molecule has 0 bridgehead atoms. The number of para-hydroxylation sites is 2. The van der Waals surface area contributed by atoms with Crippen LogP contribution < -0.4 is 10.7 Å². The van der Waals surface area contributed by atoms with Crippen LogP contribution in [-0.4, -0.2) is 20.4 Å². The summed E-state index contributed by atoms with van der Waals surface area (Å²) in [6, 6.07) is 14.4. The molecule has 0 N–H and O–H groups in total. The zero-order chi connectivity index (χ0) is 22.2. The fraction of sp³-hybridized carbons (Fsp3) is 0.130. The largest absolute Gasteiger partial charge is 0.420 e. The first-order valence-corrected chi connectivity index (χ1v) is 11.0. The van der Waals surface area contributed by atoms with Crippen molar-refractivity contribution >= 4 is 55.3 Å². The van der Waals surface area contributed by atoms with Gasteiger partial charge in [0.15, 0.2) is 10.7 Å². The number of amides is 1. The van der Waals surface area contributed by atoms with Crippen LogP contribution in [0.1, 0.15) is 11.1 Å². The van der Waals surface area contributed by atoms with Gasteiger partial charge in [-0.15, -0.1) is 0 Å². The average Bonchev–Trinajstić information content (AvgIpc) is 3.38. The summed E-state index contributed by atoms with van der Waals surface area (Å²) in [5, 5.41) is 1.09. The summed E-state index contributed by atoms with van der Waals surface area (Å²) in [6.07, 6.45) is 3.37. The van der Waals surface area contributed by atoms with E-state index in [-0.39, 0.29) is 19.0 Å². The second kappa shape index (κ2) is 8.22. The molecule has 0 saturated heterocycles. The molecule has 0 aliphatic heterocycles. The van der Waals surface area contributed by atoms with Crippen molar-refractivity contribution in [3.63, 3.8) is 0 Å². The second-order valence-electron chi connectivity index (χ2n) is 7.30. The molecule has 0 aliphatic rings. The molecule has 0 fully saturated rings. The van der Waals surface area contributed by atoms with Crippen LogP contribution in [-0.2, 0) is 17.9 Å². The Morgan fingerprint density at radius 2 is 2.03 bits per heavy atom. The van der Waals surface area contributed by atoms with Gasteiger partial charge in [0.2, 0.25) is 5.91 Å². The number of fused-ring (bicyclic) bond motifs is 2. The number of carbonyl (C=O) groups is 1. The number of rotatable bonds is 5. The number of benzene rings is 2. The van der Waals surface area contributed by atoms with Crippen molar-refractivity contribution in [2.75, 3.05) is 4.90 Å². The summed E-state index contributed by atoms with van der Waals surface area (Å²) in [7, 11) is 0. The van der Waals surface area contributed by atoms with Crippen molar-refractivity contribution in [2.45, 2.75) is 20.0 Å². The van der Waals surface area contributed by atoms with E-state index in [9.17, 15) is 9.59 Å². The van der Waals surface area contributed by atoms with Crippen molar-refractivity contribution in [1.29, 1.82) is 0 Å². The third-order valence-corrected chi connectivity index (χ3v) is 6.69. The molecule has 2 aromatic carbocycles. The molecule has 3 aromatic heterocycles. The van der Waals surface area contributed by atoms with Crippen LogP contribution in [0.25, 0.3) is 21.3 Å². The van der Waals surface area contributed by atoms with E-state index >= 15 is 0 Å². The van der Waals surface area contributed by atoms with Crippen LogP contribution in [0.3, 0.4) is 0 Å². The zero-order valence-corrected chi connectivity index (χ0v) is 18.6. The summed E-state index contributed by atoms with van der Waals surface area (Å²) in [4.78, 5) is 36.3. The van der Waals surface area contributed by atoms with Crippen LogP contribution in [0, 0.1) is 6.92 Å². The number of aryl methyl sites for hydroxylation is 1. The van der Waals surface area contributed by atoms with Crippen LogP contribution in [0.15, 0.2) is 70.1 Å². The predicted molar refractivity (Wildman–Crippen MR) is 125 cm³/mol. The van der Waals surface area contributed by atoms with Gasteiger partial charge >= 0.3 is 5.76 Å². The van der Waals surface area contributed by atoms with Gasteiger partial charge in [-0.2, -0.15) is 0 Å². The third-order valence-electron chi connectivity index (χ3n) is 5.15. The molecule has 9 heteroatoms. The first-order chi connectivity index (χ1) is 15.5. The van der Waals surface area contributed by atoms with Crippen LogP contribution >= 0.6 is 22.9 Å². The molecule has 0 spiro atoms. The molecular weight excluding hydrogens is 448 g/mol. The molecule has 1 amide bonds. The summed E-state index contributed by atoms with van der Waals surface area (Å²) >= 11 is 7.73. The normalized spacial score (nSPS) is 11.3. The van der Waals surface area contributed by atoms with Crippen molar-refractivity contribution in [3.05, 3.63) is 87.6 Å². The first kappa shape index (κ1) is 20.4. The van der Waals surface area contributed by atoms with E-state index in [0.29, 0.717) is 21.3 Å². The molecule has 0 saturated carbocycles. The minimum Gasteiger partial charge on any atom is -0.408 e. The van der Waals surface area contributed by atoms with Gasteiger partial charge in [0, 0.05) is 12.4 Å². The van der Waals surface area contributed by atoms with Crippen molar-refractivity contribution < 1.29 is 9.21 Å². The van der Waals surface area contributed by atoms with Crippen LogP contribution in [0.4, 0.5) is 5.13 Å². The maximum Gasteiger partial charge on any atom is 0.420 e. The quantitative estimate of drug-likeness (QED) is 0.373. The monoisotopic (exact) mass is 464 g/mol. The highest BCUT2D eigenvalue weighted by Crippen LogP contribution is 2.36. The van der Waals surface area contributed by atoms with E-state index in [4.69, 9.17) is 21.0 Å². The van der Waals surface area contributed by atoms with Crippen molar-refractivity contribution in [2.24, 2.45) is 0 Å². The number of carbonyl (C=O) groups excluding carboxylic acids is 1. The second-order valence-corrected chi connectivity index (χ2v) is 8.69. The SMILES string of the molecule is Cc1ccc(Cl)c2sc(N(Cc3cccnc3)C(=O)Cn3c(=O)oc4ccccc43)nc12. The first-order valence-electron chi connectivity index (χ1n) is 9.84. The molecule has 0 radical (unpaired) electrons. The Morgan fingerprint density at radius 1 is 1.19 bits per heavy atom. The lowest BCUT2D eigenvalue weighted by atomic mass is 10.2. The summed E-state index contributed by atoms with van der Waals surface area (Å²) in [6.45, 7) is 2.03. The minimum atomic E-state index is -0.580. The lowest BCUT2D eigenvalue weighted by Crippen LogP contribution is -2.35. The average molecular weight is 465 g/mol. The zero-order valence-electron chi connectivity index (χ0n) is 17.0. The van der Waals surface area contributed by atoms with Gasteiger partial charge in [-0.3, -0.25) is 19.2 Å². The predicted octanol–water partition coefficient (Wildman–Crippen LogP) is 4.79. The van der Waals surface area contributed by atoms with Gasteiger partial charge in [0.05, 0.1) is 27.3 Å². The number of oxazole rings is 1. The van der Waals surface area contributed by atoms with E-state index in [1.807, 2.05) is 31.2 Å². The smallest absolute Gasteiger partial charge is 0.408 e. The molecule has 3 heterocycles. The van der Waals surface area contributed by atoms with E-state index in [1.54, 1.807) is 41.6 Å². The molecular formula is C23H17ClN4O3S. The number of anilines is 1. The summed E-state index contributed by atoms with van der Waals surface area (Å²) < 4.78 is 7.43. The molecule has 7 nitrogen and oxygen atoms in total. The van der Waals surface area contributed by atoms with Gasteiger partial charge < -0.3 is 4.42 Å². The lowest BCUT2D eigenvalue weighted by Gasteiger charge is -2.20. The standard InChI is InChI=1S/C23H17ClN4O3S/c1-14-8-9-16(24)21-20(14)26-22(32-21)28(12-15-5-4-10-25-11-15)19(29)13-27-17-6-2-3-7-18(17)31-23(27)30/h2-11H,12-13H2,1H3. The highest BCUT2D eigenvalue weighted by molar-refractivity contribution is 7.23. The maximum absolute atomic E-state index is 13.5. The number of hydrogen-bond acceptors (Lipinski definition) is 6. The molecule has 0 unspecified atom stereocenters. The van der Waals surface area contributed by atoms with E-state index in [0.717, 1.165) is 21.3 Å². The number of nitrogens with zero attached hydrogens (tertiary/aromatic N) is 4. The number of pyridine rings is 1.